The molecule has 0 aliphatic carbocycles. The summed E-state index contributed by atoms with van der Waals surface area (Å²) in [7, 11) is 0. The number of anilines is 1. The van der Waals surface area contributed by atoms with Crippen molar-refractivity contribution in [3.8, 4) is 5.69 Å². The Morgan fingerprint density at radius 2 is 1.93 bits per heavy atom. The van der Waals surface area contributed by atoms with Crippen molar-refractivity contribution in [2.75, 3.05) is 44.3 Å². The number of rotatable bonds is 5. The molecule has 3 heterocycles. The van der Waals surface area contributed by atoms with E-state index in [0.717, 1.165) is 25.9 Å². The summed E-state index contributed by atoms with van der Waals surface area (Å²) in [6, 6.07) is 6.37. The zero-order valence-electron chi connectivity index (χ0n) is 15.9. The van der Waals surface area contributed by atoms with Crippen LogP contribution >= 0.6 is 11.8 Å². The summed E-state index contributed by atoms with van der Waals surface area (Å²) in [6.45, 7) is 6.15. The van der Waals surface area contributed by atoms with Crippen LogP contribution in [0.5, 0.6) is 0 Å². The fourth-order valence-corrected chi connectivity index (χ4v) is 4.50. The molecule has 0 radical (unpaired) electrons. The number of thioether (sulfide) groups is 1. The summed E-state index contributed by atoms with van der Waals surface area (Å²) in [4.78, 5) is 16.7. The van der Waals surface area contributed by atoms with E-state index in [1.165, 1.54) is 23.9 Å². The number of carbonyl (C=O) groups excluding carboxylic acids is 1. The summed E-state index contributed by atoms with van der Waals surface area (Å²) < 4.78 is 21.2. The maximum Gasteiger partial charge on any atom is 0.235 e. The van der Waals surface area contributed by atoms with Crippen molar-refractivity contribution in [2.45, 2.75) is 30.2 Å². The van der Waals surface area contributed by atoms with Gasteiger partial charge in [0.1, 0.15) is 5.82 Å². The van der Waals surface area contributed by atoms with Gasteiger partial charge < -0.3 is 14.5 Å². The third-order valence-corrected chi connectivity index (χ3v) is 6.05. The first kappa shape index (κ1) is 19.2. The van der Waals surface area contributed by atoms with Crippen LogP contribution in [-0.4, -0.2) is 70.2 Å². The number of aromatic nitrogens is 3. The SMILES string of the molecule is C[C@@H](Sc1nnc(N2CCOCC2)n1-c1cccc(F)c1)C(=O)N1CCCC1. The molecule has 2 aromatic rings. The predicted octanol–water partition coefficient (Wildman–Crippen LogP) is 2.35. The zero-order valence-corrected chi connectivity index (χ0v) is 16.7. The van der Waals surface area contributed by atoms with E-state index in [1.807, 2.05) is 22.5 Å². The number of morpholine rings is 1. The van der Waals surface area contributed by atoms with E-state index in [-0.39, 0.29) is 17.0 Å². The third kappa shape index (κ3) is 4.00. The predicted molar refractivity (Wildman–Crippen MR) is 105 cm³/mol. The molecule has 0 bridgehead atoms. The Morgan fingerprint density at radius 3 is 2.64 bits per heavy atom. The Hall–Kier alpha value is -2.13. The largest absolute Gasteiger partial charge is 0.378 e. The number of ether oxygens (including phenoxy) is 1. The first-order chi connectivity index (χ1) is 13.6. The number of nitrogens with zero attached hydrogens (tertiary/aromatic N) is 5. The second kappa shape index (κ2) is 8.48. The monoisotopic (exact) mass is 405 g/mol. The van der Waals surface area contributed by atoms with Gasteiger partial charge in [-0.2, -0.15) is 0 Å². The maximum absolute atomic E-state index is 13.9. The fourth-order valence-electron chi connectivity index (χ4n) is 3.55. The second-order valence-corrected chi connectivity index (χ2v) is 8.30. The molecule has 1 aromatic heterocycles. The van der Waals surface area contributed by atoms with E-state index >= 15 is 0 Å². The van der Waals surface area contributed by atoms with Crippen molar-refractivity contribution in [3.05, 3.63) is 30.1 Å². The van der Waals surface area contributed by atoms with Crippen molar-refractivity contribution in [1.82, 2.24) is 19.7 Å². The Morgan fingerprint density at radius 1 is 1.18 bits per heavy atom. The minimum Gasteiger partial charge on any atom is -0.378 e. The topological polar surface area (TPSA) is 63.5 Å². The van der Waals surface area contributed by atoms with Crippen LogP contribution in [0.3, 0.4) is 0 Å². The van der Waals surface area contributed by atoms with Crippen LogP contribution < -0.4 is 4.90 Å². The summed E-state index contributed by atoms with van der Waals surface area (Å²) >= 11 is 1.37. The number of hydrogen-bond acceptors (Lipinski definition) is 6. The minimum atomic E-state index is -0.323. The average molecular weight is 405 g/mol. The van der Waals surface area contributed by atoms with Gasteiger partial charge in [-0.15, -0.1) is 10.2 Å². The highest BCUT2D eigenvalue weighted by molar-refractivity contribution is 8.00. The molecular formula is C19H24FN5O2S. The van der Waals surface area contributed by atoms with Crippen molar-refractivity contribution in [3.63, 3.8) is 0 Å². The molecule has 150 valence electrons. The van der Waals surface area contributed by atoms with Gasteiger partial charge in [-0.05, 0) is 38.0 Å². The average Bonchev–Trinajstić information content (AvgIpc) is 3.38. The highest BCUT2D eigenvalue weighted by Crippen LogP contribution is 2.31. The number of halogens is 1. The summed E-state index contributed by atoms with van der Waals surface area (Å²) in [6.07, 6.45) is 2.12. The van der Waals surface area contributed by atoms with Crippen LogP contribution in [0.25, 0.3) is 5.69 Å². The Kier molecular flexibility index (Phi) is 5.82. The van der Waals surface area contributed by atoms with E-state index in [2.05, 4.69) is 15.1 Å². The van der Waals surface area contributed by atoms with Crippen LogP contribution in [0.4, 0.5) is 10.3 Å². The summed E-state index contributed by atoms with van der Waals surface area (Å²) in [5.74, 6) is 0.442. The molecule has 4 rings (SSSR count). The lowest BCUT2D eigenvalue weighted by molar-refractivity contribution is -0.129. The van der Waals surface area contributed by atoms with E-state index in [9.17, 15) is 9.18 Å². The number of benzene rings is 1. The highest BCUT2D eigenvalue weighted by Gasteiger charge is 2.28. The molecule has 2 aliphatic heterocycles. The minimum absolute atomic E-state index is 0.115. The Labute approximate surface area is 167 Å². The van der Waals surface area contributed by atoms with E-state index in [4.69, 9.17) is 4.74 Å². The van der Waals surface area contributed by atoms with Crippen molar-refractivity contribution < 1.29 is 13.9 Å². The van der Waals surface area contributed by atoms with Gasteiger partial charge in [-0.3, -0.25) is 9.36 Å². The van der Waals surface area contributed by atoms with E-state index < -0.39 is 0 Å². The quantitative estimate of drug-likeness (QED) is 0.712. The van der Waals surface area contributed by atoms with Crippen molar-refractivity contribution in [1.29, 1.82) is 0 Å². The van der Waals surface area contributed by atoms with Crippen LogP contribution in [-0.2, 0) is 9.53 Å². The molecule has 2 saturated heterocycles. The van der Waals surface area contributed by atoms with Gasteiger partial charge in [0.25, 0.3) is 0 Å². The van der Waals surface area contributed by atoms with Crippen molar-refractivity contribution in [2.24, 2.45) is 0 Å². The third-order valence-electron chi connectivity index (χ3n) is 5.02. The Bertz CT molecular complexity index is 833. The van der Waals surface area contributed by atoms with Crippen LogP contribution in [0.2, 0.25) is 0 Å². The lowest BCUT2D eigenvalue weighted by atomic mass is 10.3. The first-order valence-electron chi connectivity index (χ1n) is 9.63. The number of amides is 1. The smallest absolute Gasteiger partial charge is 0.235 e. The molecular weight excluding hydrogens is 381 g/mol. The Balaban J connectivity index is 1.64. The molecule has 0 saturated carbocycles. The molecule has 2 aliphatic rings. The zero-order chi connectivity index (χ0) is 19.5. The van der Waals surface area contributed by atoms with Gasteiger partial charge >= 0.3 is 0 Å². The molecule has 7 nitrogen and oxygen atoms in total. The molecule has 0 N–H and O–H groups in total. The molecule has 0 spiro atoms. The second-order valence-electron chi connectivity index (χ2n) is 6.99. The van der Waals surface area contributed by atoms with Gasteiger partial charge in [0, 0.05) is 26.2 Å². The van der Waals surface area contributed by atoms with Gasteiger partial charge in [0.05, 0.1) is 24.2 Å². The molecule has 1 aromatic carbocycles. The normalized spacial score (nSPS) is 18.5. The van der Waals surface area contributed by atoms with Gasteiger partial charge in [-0.1, -0.05) is 17.8 Å². The molecule has 1 atom stereocenters. The molecule has 9 heteroatoms. The van der Waals surface area contributed by atoms with Crippen LogP contribution in [0.15, 0.2) is 29.4 Å². The highest BCUT2D eigenvalue weighted by atomic mass is 32.2. The maximum atomic E-state index is 13.9. The molecule has 0 unspecified atom stereocenters. The van der Waals surface area contributed by atoms with E-state index in [0.29, 0.717) is 43.1 Å². The number of carbonyl (C=O) groups is 1. The summed E-state index contributed by atoms with van der Waals surface area (Å²) in [5.41, 5.74) is 0.648. The van der Waals surface area contributed by atoms with Crippen LogP contribution in [0.1, 0.15) is 19.8 Å². The van der Waals surface area contributed by atoms with Gasteiger partial charge in [-0.25, -0.2) is 4.39 Å². The lowest BCUT2D eigenvalue weighted by Gasteiger charge is -2.28. The number of hydrogen-bond donors (Lipinski definition) is 0. The van der Waals surface area contributed by atoms with Gasteiger partial charge in [0.2, 0.25) is 11.9 Å². The molecule has 1 amide bonds. The van der Waals surface area contributed by atoms with Gasteiger partial charge in [0.15, 0.2) is 5.16 Å². The first-order valence-corrected chi connectivity index (χ1v) is 10.5. The standard InChI is InChI=1S/C19H24FN5O2S/c1-14(17(26)23-7-2-3-8-23)28-19-22-21-18(24-9-11-27-12-10-24)25(19)16-6-4-5-15(20)13-16/h4-6,13-14H,2-3,7-12H2,1H3/t14-/m1/s1. The summed E-state index contributed by atoms with van der Waals surface area (Å²) in [5, 5.41) is 9.02. The molecule has 28 heavy (non-hydrogen) atoms. The van der Waals surface area contributed by atoms with Crippen LogP contribution in [0, 0.1) is 5.82 Å². The lowest BCUT2D eigenvalue weighted by Crippen LogP contribution is -2.38. The van der Waals surface area contributed by atoms with Crippen molar-refractivity contribution >= 4 is 23.6 Å². The molecule has 2 fully saturated rings. The van der Waals surface area contributed by atoms with E-state index in [1.54, 1.807) is 6.07 Å². The fraction of sp³-hybridized carbons (Fsp3) is 0.526. The number of likely N-dealkylation sites (tertiary alicyclic amines) is 1.